The molecule has 0 fully saturated rings. The molecule has 1 atom stereocenters. The zero-order valence-electron chi connectivity index (χ0n) is 24.2. The van der Waals surface area contributed by atoms with E-state index >= 15 is 0 Å². The Kier molecular flexibility index (Phi) is 8.28. The number of benzene rings is 1. The van der Waals surface area contributed by atoms with Gasteiger partial charge in [-0.1, -0.05) is 31.3 Å². The molecule has 0 spiro atoms. The second-order valence-electron chi connectivity index (χ2n) is 11.3. The van der Waals surface area contributed by atoms with Gasteiger partial charge in [0, 0.05) is 12.0 Å². The number of hydrogen-bond acceptors (Lipinski definition) is 7. The zero-order chi connectivity index (χ0) is 29.5. The van der Waals surface area contributed by atoms with E-state index in [0.717, 1.165) is 10.1 Å². The number of halogens is 1. The first-order valence-corrected chi connectivity index (χ1v) is 14.2. The molecule has 3 aromatic heterocycles. The van der Waals surface area contributed by atoms with Crippen molar-refractivity contribution < 1.29 is 13.9 Å². The molecule has 0 bridgehead atoms. The number of aryl methyl sites for hydroxylation is 2. The molecule has 1 aromatic carbocycles. The van der Waals surface area contributed by atoms with E-state index in [1.807, 2.05) is 34.6 Å². The lowest BCUT2D eigenvalue weighted by Crippen LogP contribution is -2.53. The minimum atomic E-state index is -1.41. The summed E-state index contributed by atoms with van der Waals surface area (Å²) in [6.45, 7) is 14.4. The Labute approximate surface area is 236 Å². The lowest BCUT2D eigenvalue weighted by atomic mass is 9.91. The van der Waals surface area contributed by atoms with E-state index in [-0.39, 0.29) is 30.8 Å². The molecule has 0 aliphatic heterocycles. The lowest BCUT2D eigenvalue weighted by Gasteiger charge is -2.28. The Morgan fingerprint density at radius 2 is 1.75 bits per heavy atom. The van der Waals surface area contributed by atoms with Crippen LogP contribution < -0.4 is 11.2 Å². The Balaban J connectivity index is 2.05. The maximum atomic E-state index is 14.4. The van der Waals surface area contributed by atoms with Crippen molar-refractivity contribution in [2.75, 3.05) is 0 Å². The van der Waals surface area contributed by atoms with E-state index in [4.69, 9.17) is 4.74 Å². The fourth-order valence-corrected chi connectivity index (χ4v) is 6.13. The molecule has 4 aromatic rings. The molecular weight excluding hydrogens is 533 g/mol. The Morgan fingerprint density at radius 1 is 1.10 bits per heavy atom. The number of carbonyl (C=O) groups is 1. The van der Waals surface area contributed by atoms with Gasteiger partial charge in [-0.2, -0.15) is 10.2 Å². The van der Waals surface area contributed by atoms with Crippen LogP contribution in [0.25, 0.3) is 15.2 Å². The Hall–Kier alpha value is -3.44. The monoisotopic (exact) mass is 569 g/mol. The van der Waals surface area contributed by atoms with Crippen LogP contribution in [0.15, 0.2) is 40.2 Å². The topological polar surface area (TPSA) is 101 Å². The number of aromatic nitrogens is 5. The third kappa shape index (κ3) is 5.44. The van der Waals surface area contributed by atoms with Crippen LogP contribution >= 0.6 is 11.3 Å². The minimum absolute atomic E-state index is 0.00152. The van der Waals surface area contributed by atoms with Gasteiger partial charge in [-0.25, -0.2) is 13.8 Å². The summed E-state index contributed by atoms with van der Waals surface area (Å²) in [6.07, 6.45) is 2.34. The second kappa shape index (κ2) is 11.2. The fraction of sp³-hybridized carbons (Fsp3) is 0.483. The molecular formula is C29H36FN5O4S. The highest BCUT2D eigenvalue weighted by atomic mass is 32.1. The largest absolute Gasteiger partial charge is 0.369 e. The smallest absolute Gasteiger partial charge is 0.333 e. The summed E-state index contributed by atoms with van der Waals surface area (Å²) in [4.78, 5) is 43.5. The van der Waals surface area contributed by atoms with Crippen molar-refractivity contribution in [1.29, 1.82) is 0 Å². The molecule has 4 rings (SSSR count). The third-order valence-electron chi connectivity index (χ3n) is 7.00. The van der Waals surface area contributed by atoms with Crippen LogP contribution in [-0.2, 0) is 21.6 Å². The van der Waals surface area contributed by atoms with Gasteiger partial charge in [-0.3, -0.25) is 14.2 Å². The van der Waals surface area contributed by atoms with E-state index in [0.29, 0.717) is 26.3 Å². The highest BCUT2D eigenvalue weighted by molar-refractivity contribution is 7.21. The van der Waals surface area contributed by atoms with E-state index in [1.54, 1.807) is 26.8 Å². The van der Waals surface area contributed by atoms with Crippen molar-refractivity contribution >= 4 is 27.3 Å². The van der Waals surface area contributed by atoms with E-state index in [2.05, 4.69) is 10.2 Å². The van der Waals surface area contributed by atoms with E-state index < -0.39 is 28.7 Å². The van der Waals surface area contributed by atoms with Crippen LogP contribution in [0.3, 0.4) is 0 Å². The van der Waals surface area contributed by atoms with Crippen molar-refractivity contribution in [3.63, 3.8) is 0 Å². The molecule has 40 heavy (non-hydrogen) atoms. The standard InChI is InChI=1S/C29H36FN5O4S/c1-16(2)13-23(36)29(7,8)34-25(37)24-19(6)26(35-31-11-12-32-35)40-27(24)33(28(34)38)15-22(39-17(3)4)21-14-20(30)10-9-18(21)5/h9-12,14,16-17,22H,13,15H2,1-8H3/t22-/m0/s1. The molecule has 214 valence electrons. The number of nitrogens with zero attached hydrogens (tertiary/aromatic N) is 5. The number of ketones is 1. The van der Waals surface area contributed by atoms with Crippen molar-refractivity contribution in [2.24, 2.45) is 5.92 Å². The van der Waals surface area contributed by atoms with Gasteiger partial charge in [0.15, 0.2) is 5.78 Å². The van der Waals surface area contributed by atoms with Gasteiger partial charge in [0.25, 0.3) is 5.56 Å². The second-order valence-corrected chi connectivity index (χ2v) is 12.3. The van der Waals surface area contributed by atoms with Gasteiger partial charge < -0.3 is 4.74 Å². The van der Waals surface area contributed by atoms with Gasteiger partial charge in [0.2, 0.25) is 0 Å². The van der Waals surface area contributed by atoms with Crippen LogP contribution in [0, 0.1) is 25.6 Å². The summed E-state index contributed by atoms with van der Waals surface area (Å²) in [6, 6.07) is 4.46. The average Bonchev–Trinajstić information content (AvgIpc) is 3.50. The quantitative estimate of drug-likeness (QED) is 0.264. The lowest BCUT2D eigenvalue weighted by molar-refractivity contribution is -0.127. The van der Waals surface area contributed by atoms with Crippen LogP contribution in [0.5, 0.6) is 0 Å². The summed E-state index contributed by atoms with van der Waals surface area (Å²) >= 11 is 1.21. The van der Waals surface area contributed by atoms with Crippen LogP contribution in [-0.4, -0.2) is 36.0 Å². The summed E-state index contributed by atoms with van der Waals surface area (Å²) < 4.78 is 23.1. The predicted octanol–water partition coefficient (Wildman–Crippen LogP) is 5.08. The van der Waals surface area contributed by atoms with Crippen molar-refractivity contribution in [1.82, 2.24) is 24.1 Å². The van der Waals surface area contributed by atoms with Crippen LogP contribution in [0.1, 0.15) is 70.8 Å². The van der Waals surface area contributed by atoms with Crippen molar-refractivity contribution in [3.05, 3.63) is 73.9 Å². The summed E-state index contributed by atoms with van der Waals surface area (Å²) in [5.74, 6) is -0.584. The number of fused-ring (bicyclic) bond motifs is 1. The first-order chi connectivity index (χ1) is 18.7. The number of ether oxygens (including phenoxy) is 1. The molecule has 0 aliphatic rings. The number of Topliss-reactive ketones (excluding diaryl/α,β-unsaturated/α-hetero) is 1. The Morgan fingerprint density at radius 3 is 2.35 bits per heavy atom. The number of hydrogen-bond donors (Lipinski definition) is 0. The highest BCUT2D eigenvalue weighted by Gasteiger charge is 2.36. The minimum Gasteiger partial charge on any atom is -0.369 e. The van der Waals surface area contributed by atoms with Crippen LogP contribution in [0.4, 0.5) is 4.39 Å². The molecule has 0 aliphatic carbocycles. The number of carbonyl (C=O) groups excluding carboxylic acids is 1. The maximum absolute atomic E-state index is 14.4. The van der Waals surface area contributed by atoms with Gasteiger partial charge in [-0.05, 0) is 70.7 Å². The zero-order valence-corrected chi connectivity index (χ0v) is 25.0. The Bertz CT molecular complexity index is 1660. The molecule has 0 amide bonds. The maximum Gasteiger partial charge on any atom is 0.333 e. The normalized spacial score (nSPS) is 13.1. The molecule has 0 saturated heterocycles. The van der Waals surface area contributed by atoms with E-state index in [9.17, 15) is 18.8 Å². The first kappa shape index (κ1) is 29.5. The average molecular weight is 570 g/mol. The van der Waals surface area contributed by atoms with Crippen molar-refractivity contribution in [2.45, 2.75) is 86.1 Å². The summed E-state index contributed by atoms with van der Waals surface area (Å²) in [7, 11) is 0. The number of thiophene rings is 1. The molecule has 0 radical (unpaired) electrons. The first-order valence-electron chi connectivity index (χ1n) is 13.3. The SMILES string of the molecule is Cc1ccc(F)cc1[C@H](Cn1c(=O)n(C(C)(C)C(=O)CC(C)C)c(=O)c2c(C)c(-n3nccn3)sc21)OC(C)C. The van der Waals surface area contributed by atoms with Gasteiger partial charge >= 0.3 is 5.69 Å². The molecule has 0 saturated carbocycles. The van der Waals surface area contributed by atoms with Gasteiger partial charge in [0.1, 0.15) is 27.3 Å². The number of rotatable bonds is 10. The highest BCUT2D eigenvalue weighted by Crippen LogP contribution is 2.33. The molecule has 0 N–H and O–H groups in total. The third-order valence-corrected chi connectivity index (χ3v) is 8.28. The van der Waals surface area contributed by atoms with Gasteiger partial charge in [-0.15, -0.1) is 4.80 Å². The summed E-state index contributed by atoms with van der Waals surface area (Å²) in [5.41, 5.74) is -0.583. The predicted molar refractivity (Wildman–Crippen MR) is 154 cm³/mol. The molecule has 9 nitrogen and oxygen atoms in total. The van der Waals surface area contributed by atoms with E-state index in [1.165, 1.54) is 45.2 Å². The summed E-state index contributed by atoms with van der Waals surface area (Å²) in [5, 5.41) is 9.34. The fourth-order valence-electron chi connectivity index (χ4n) is 4.91. The molecule has 11 heteroatoms. The van der Waals surface area contributed by atoms with Crippen molar-refractivity contribution in [3.8, 4) is 5.00 Å². The van der Waals surface area contributed by atoms with Crippen LogP contribution in [0.2, 0.25) is 0 Å². The van der Waals surface area contributed by atoms with Gasteiger partial charge in [0.05, 0.1) is 30.4 Å². The molecule has 3 heterocycles. The molecule has 0 unspecified atom stereocenters.